The molecule has 0 radical (unpaired) electrons. The number of carbonyl (C=O) groups is 4. The second kappa shape index (κ2) is 16.9. The topological polar surface area (TPSA) is 144 Å². The number of amides is 3. The number of carboxylic acid groups (broad SMARTS) is 1. The fourth-order valence-corrected chi connectivity index (χ4v) is 5.71. The second-order valence-electron chi connectivity index (χ2n) is 12.4. The minimum Gasteiger partial charge on any atom is -0.480 e. The number of hydrogen-bond acceptors (Lipinski definition) is 7. The van der Waals surface area contributed by atoms with Crippen LogP contribution in [0.5, 0.6) is 0 Å². The quantitative estimate of drug-likeness (QED) is 0.123. The molecule has 0 aromatic heterocycles. The first-order valence-corrected chi connectivity index (χ1v) is 16.3. The summed E-state index contributed by atoms with van der Waals surface area (Å²) in [6.07, 6.45) is -1.24. The molecule has 1 atom stereocenters. The van der Waals surface area contributed by atoms with Crippen molar-refractivity contribution < 1.29 is 38.5 Å². The smallest absolute Gasteiger partial charge is 0.410 e. The van der Waals surface area contributed by atoms with Crippen molar-refractivity contribution in [1.29, 1.82) is 0 Å². The molecule has 3 N–H and O–H groups in total. The Bertz CT molecular complexity index is 1550. The first-order valence-electron chi connectivity index (χ1n) is 15.9. The molecule has 1 aliphatic carbocycles. The number of aliphatic carboxylic acids is 1. The SMILES string of the molecule is CC(C)(C)OC(=O)NCCN(C(=O)OCC1c2ccccc2-c2ccccc21)[C@@H](CCCCNC(=O)OCc1ccccc1Cl)C(=O)O. The summed E-state index contributed by atoms with van der Waals surface area (Å²) >= 11 is 6.10. The van der Waals surface area contributed by atoms with Crippen LogP contribution in [0.4, 0.5) is 14.4 Å². The summed E-state index contributed by atoms with van der Waals surface area (Å²) in [5, 5.41) is 15.9. The van der Waals surface area contributed by atoms with Gasteiger partial charge in [0.25, 0.3) is 0 Å². The zero-order valence-electron chi connectivity index (χ0n) is 27.4. The first-order chi connectivity index (χ1) is 22.9. The van der Waals surface area contributed by atoms with E-state index in [1.807, 2.05) is 48.5 Å². The van der Waals surface area contributed by atoms with Crippen LogP contribution in [0.15, 0.2) is 72.8 Å². The molecular formula is C36H42ClN3O8. The van der Waals surface area contributed by atoms with Crippen molar-refractivity contribution in [3.8, 4) is 11.1 Å². The number of nitrogens with zero attached hydrogens (tertiary/aromatic N) is 1. The van der Waals surface area contributed by atoms with E-state index in [9.17, 15) is 24.3 Å². The van der Waals surface area contributed by atoms with E-state index in [-0.39, 0.29) is 45.2 Å². The molecule has 4 rings (SSSR count). The second-order valence-corrected chi connectivity index (χ2v) is 12.8. The lowest BCUT2D eigenvalue weighted by molar-refractivity contribution is -0.143. The molecule has 0 spiro atoms. The zero-order valence-corrected chi connectivity index (χ0v) is 28.1. The van der Waals surface area contributed by atoms with Gasteiger partial charge in [0.1, 0.15) is 24.9 Å². The van der Waals surface area contributed by atoms with Gasteiger partial charge in [-0.25, -0.2) is 19.2 Å². The van der Waals surface area contributed by atoms with Gasteiger partial charge in [0.05, 0.1) is 0 Å². The fraction of sp³-hybridized carbons (Fsp3) is 0.389. The largest absolute Gasteiger partial charge is 0.480 e. The molecular weight excluding hydrogens is 638 g/mol. The van der Waals surface area contributed by atoms with Gasteiger partial charge in [-0.3, -0.25) is 4.90 Å². The van der Waals surface area contributed by atoms with E-state index in [2.05, 4.69) is 10.6 Å². The number of nitrogens with one attached hydrogen (secondary N) is 2. The summed E-state index contributed by atoms with van der Waals surface area (Å²) < 4.78 is 16.3. The Kier molecular flexibility index (Phi) is 12.7. The minimum absolute atomic E-state index is 0.00934. The number of carboxylic acids is 1. The lowest BCUT2D eigenvalue weighted by Crippen LogP contribution is -2.49. The Balaban J connectivity index is 1.36. The van der Waals surface area contributed by atoms with Crippen molar-refractivity contribution in [2.45, 2.75) is 64.2 Å². The summed E-state index contributed by atoms with van der Waals surface area (Å²) in [6.45, 7) is 5.25. The van der Waals surface area contributed by atoms with Crippen LogP contribution < -0.4 is 10.6 Å². The third-order valence-electron chi connectivity index (χ3n) is 7.74. The van der Waals surface area contributed by atoms with Gasteiger partial charge < -0.3 is 30.0 Å². The summed E-state index contributed by atoms with van der Waals surface area (Å²) in [6, 6.07) is 21.6. The van der Waals surface area contributed by atoms with Crippen LogP contribution in [0.1, 0.15) is 62.6 Å². The number of rotatable bonds is 14. The monoisotopic (exact) mass is 679 g/mol. The minimum atomic E-state index is -1.24. The van der Waals surface area contributed by atoms with Gasteiger partial charge in [-0.2, -0.15) is 0 Å². The molecule has 0 bridgehead atoms. The highest BCUT2D eigenvalue weighted by Gasteiger charge is 2.33. The lowest BCUT2D eigenvalue weighted by Gasteiger charge is -2.29. The maximum absolute atomic E-state index is 13.6. The number of halogens is 1. The van der Waals surface area contributed by atoms with E-state index in [0.717, 1.165) is 27.2 Å². The molecule has 0 aliphatic heterocycles. The van der Waals surface area contributed by atoms with Crippen molar-refractivity contribution in [3.63, 3.8) is 0 Å². The number of carbonyl (C=O) groups excluding carboxylic acids is 3. The van der Waals surface area contributed by atoms with Crippen molar-refractivity contribution in [1.82, 2.24) is 15.5 Å². The van der Waals surface area contributed by atoms with Crippen LogP contribution in [-0.4, -0.2) is 72.1 Å². The predicted molar refractivity (Wildman–Crippen MR) is 181 cm³/mol. The van der Waals surface area contributed by atoms with Crippen LogP contribution in [-0.2, 0) is 25.6 Å². The number of benzene rings is 3. The third kappa shape index (κ3) is 10.1. The Labute approximate surface area is 285 Å². The summed E-state index contributed by atoms with van der Waals surface area (Å²) in [5.74, 6) is -1.43. The van der Waals surface area contributed by atoms with Gasteiger partial charge in [-0.1, -0.05) is 78.3 Å². The highest BCUT2D eigenvalue weighted by atomic mass is 35.5. The highest BCUT2D eigenvalue weighted by Crippen LogP contribution is 2.44. The normalized spacial score (nSPS) is 12.7. The third-order valence-corrected chi connectivity index (χ3v) is 8.11. The maximum Gasteiger partial charge on any atom is 0.410 e. The number of unbranched alkanes of at least 4 members (excludes halogenated alkanes) is 1. The summed E-state index contributed by atoms with van der Waals surface area (Å²) in [5.41, 5.74) is 4.13. The molecule has 0 unspecified atom stereocenters. The predicted octanol–water partition coefficient (Wildman–Crippen LogP) is 6.97. The molecule has 48 heavy (non-hydrogen) atoms. The number of fused-ring (bicyclic) bond motifs is 3. The van der Waals surface area contributed by atoms with Gasteiger partial charge in [0.2, 0.25) is 0 Å². The molecule has 3 amide bonds. The van der Waals surface area contributed by atoms with Gasteiger partial charge >= 0.3 is 24.2 Å². The highest BCUT2D eigenvalue weighted by molar-refractivity contribution is 6.31. The van der Waals surface area contributed by atoms with E-state index in [1.54, 1.807) is 45.0 Å². The van der Waals surface area contributed by atoms with Crippen molar-refractivity contribution >= 4 is 35.8 Å². The number of hydrogen-bond donors (Lipinski definition) is 3. The van der Waals surface area contributed by atoms with E-state index >= 15 is 0 Å². The van der Waals surface area contributed by atoms with Crippen molar-refractivity contribution in [2.24, 2.45) is 0 Å². The zero-order chi connectivity index (χ0) is 34.7. The summed E-state index contributed by atoms with van der Waals surface area (Å²) in [4.78, 5) is 51.6. The average Bonchev–Trinajstić information content (AvgIpc) is 3.36. The molecule has 0 saturated carbocycles. The van der Waals surface area contributed by atoms with Gasteiger partial charge in [-0.05, 0) is 68.4 Å². The summed E-state index contributed by atoms with van der Waals surface area (Å²) in [7, 11) is 0. The number of ether oxygens (including phenoxy) is 3. The van der Waals surface area contributed by atoms with E-state index < -0.39 is 35.9 Å². The van der Waals surface area contributed by atoms with E-state index in [0.29, 0.717) is 23.4 Å². The Morgan fingerprint density at radius 1 is 0.833 bits per heavy atom. The molecule has 0 saturated heterocycles. The standard InChI is InChI=1S/C36H42ClN3O8/c1-36(2,3)48-34(44)39-20-21-40(35(45)47-23-29-27-15-7-5-13-25(27)26-14-6-8-16-28(26)29)31(32(41)42)18-10-11-19-38-33(43)46-22-24-12-4-9-17-30(24)37/h4-9,12-17,29,31H,10-11,18-23H2,1-3H3,(H,38,43)(H,39,44)(H,41,42)/t31-/m0/s1. The van der Waals surface area contributed by atoms with Crippen LogP contribution in [0, 0.1) is 0 Å². The van der Waals surface area contributed by atoms with Crippen molar-refractivity contribution in [2.75, 3.05) is 26.2 Å². The first kappa shape index (κ1) is 36.1. The fourth-order valence-electron chi connectivity index (χ4n) is 5.52. The molecule has 12 heteroatoms. The molecule has 0 heterocycles. The molecule has 0 fully saturated rings. The molecule has 3 aromatic carbocycles. The van der Waals surface area contributed by atoms with Crippen LogP contribution >= 0.6 is 11.6 Å². The molecule has 256 valence electrons. The molecule has 1 aliphatic rings. The van der Waals surface area contributed by atoms with Gasteiger partial charge in [0, 0.05) is 36.1 Å². The van der Waals surface area contributed by atoms with Crippen LogP contribution in [0.25, 0.3) is 11.1 Å². The molecule has 11 nitrogen and oxygen atoms in total. The van der Waals surface area contributed by atoms with Gasteiger partial charge in [-0.15, -0.1) is 0 Å². The average molecular weight is 680 g/mol. The van der Waals surface area contributed by atoms with Crippen molar-refractivity contribution in [3.05, 3.63) is 94.5 Å². The van der Waals surface area contributed by atoms with Crippen LogP contribution in [0.3, 0.4) is 0 Å². The Morgan fingerprint density at radius 2 is 1.44 bits per heavy atom. The Hall–Kier alpha value is -4.77. The Morgan fingerprint density at radius 3 is 2.06 bits per heavy atom. The van der Waals surface area contributed by atoms with Gasteiger partial charge in [0.15, 0.2) is 0 Å². The lowest BCUT2D eigenvalue weighted by atomic mass is 9.98. The number of alkyl carbamates (subject to hydrolysis) is 2. The van der Waals surface area contributed by atoms with Crippen LogP contribution in [0.2, 0.25) is 5.02 Å². The molecule has 3 aromatic rings. The van der Waals surface area contributed by atoms with E-state index in [1.165, 1.54) is 0 Å². The maximum atomic E-state index is 13.6. The van der Waals surface area contributed by atoms with E-state index in [4.69, 9.17) is 25.8 Å².